The van der Waals surface area contributed by atoms with Gasteiger partial charge in [0.25, 0.3) is 17.7 Å². The van der Waals surface area contributed by atoms with Crippen molar-refractivity contribution in [3.8, 4) is 5.75 Å². The first-order valence-electron chi connectivity index (χ1n) is 14.2. The molecule has 1 saturated heterocycles. The molecule has 8 nitrogen and oxygen atoms in total. The predicted octanol–water partition coefficient (Wildman–Crippen LogP) is 5.31. The lowest BCUT2D eigenvalue weighted by Crippen LogP contribution is -2.51. The van der Waals surface area contributed by atoms with Gasteiger partial charge < -0.3 is 25.0 Å². The third kappa shape index (κ3) is 6.99. The summed E-state index contributed by atoms with van der Waals surface area (Å²) >= 11 is 0. The summed E-state index contributed by atoms with van der Waals surface area (Å²) in [6.07, 6.45) is -1.03. The van der Waals surface area contributed by atoms with Crippen molar-refractivity contribution < 1.29 is 37.0 Å². The van der Waals surface area contributed by atoms with E-state index in [-0.39, 0.29) is 42.8 Å². The van der Waals surface area contributed by atoms with Crippen molar-refractivity contribution in [1.29, 1.82) is 0 Å². The number of likely N-dealkylation sites (tertiary alicyclic amines) is 1. The van der Waals surface area contributed by atoms with E-state index in [0.29, 0.717) is 12.0 Å². The van der Waals surface area contributed by atoms with Crippen molar-refractivity contribution in [1.82, 2.24) is 15.5 Å². The van der Waals surface area contributed by atoms with Crippen LogP contribution < -0.4 is 15.4 Å². The van der Waals surface area contributed by atoms with Gasteiger partial charge in [0, 0.05) is 37.2 Å². The quantitative estimate of drug-likeness (QED) is 0.407. The van der Waals surface area contributed by atoms with E-state index in [1.54, 1.807) is 26.8 Å². The number of alkyl halides is 3. The van der Waals surface area contributed by atoms with Gasteiger partial charge in [0.2, 0.25) is 0 Å². The Balaban J connectivity index is 1.41. The second kappa shape index (κ2) is 12.6. The molecule has 0 saturated carbocycles. The Labute approximate surface area is 243 Å². The van der Waals surface area contributed by atoms with Gasteiger partial charge in [-0.3, -0.25) is 9.59 Å². The molecule has 0 bridgehead atoms. The summed E-state index contributed by atoms with van der Waals surface area (Å²) in [6.45, 7) is 3.86. The van der Waals surface area contributed by atoms with E-state index < -0.39 is 60.6 Å². The molecular formula is C31H38F3N3O5. The molecule has 4 rings (SSSR count). The highest BCUT2D eigenvalue weighted by atomic mass is 19.3. The zero-order valence-corrected chi connectivity index (χ0v) is 24.3. The van der Waals surface area contributed by atoms with Crippen LogP contribution >= 0.6 is 0 Å². The van der Waals surface area contributed by atoms with Crippen LogP contribution in [0.2, 0.25) is 0 Å². The molecule has 2 aliphatic heterocycles. The number of hydrogen-bond acceptors (Lipinski definition) is 5. The van der Waals surface area contributed by atoms with Crippen LogP contribution in [0.3, 0.4) is 0 Å². The standard InChI is InChI=1S/C31H38F3N3O5/c1-30(2,3)42-29(40)37-14-12-21(31(33,34)18-37)11-8-13-36-27(38)20-15-22-25(19-9-6-5-7-10-19)24(17-32)41-26(22)23(16-20)28(39)35-4/h5-7,9-10,15-16,21,24-25H,8,11-14,17-18H2,1-4H3,(H,35,39)(H,36,38). The number of benzene rings is 2. The van der Waals surface area contributed by atoms with Crippen LogP contribution in [-0.2, 0) is 4.74 Å². The molecule has 0 aliphatic carbocycles. The summed E-state index contributed by atoms with van der Waals surface area (Å²) in [6, 6.07) is 12.2. The molecule has 2 aliphatic rings. The fraction of sp³-hybridized carbons (Fsp3) is 0.516. The van der Waals surface area contributed by atoms with Crippen LogP contribution in [0.4, 0.5) is 18.0 Å². The third-order valence-corrected chi connectivity index (χ3v) is 7.55. The normalized spacial score (nSPS) is 21.2. The van der Waals surface area contributed by atoms with E-state index in [4.69, 9.17) is 9.47 Å². The van der Waals surface area contributed by atoms with Gasteiger partial charge in [-0.1, -0.05) is 30.3 Å². The molecule has 3 unspecified atom stereocenters. The first-order valence-corrected chi connectivity index (χ1v) is 14.2. The average molecular weight is 590 g/mol. The minimum absolute atomic E-state index is 0.119. The lowest BCUT2D eigenvalue weighted by molar-refractivity contribution is -0.112. The van der Waals surface area contributed by atoms with Crippen LogP contribution in [0.5, 0.6) is 5.75 Å². The molecule has 0 spiro atoms. The fourth-order valence-electron chi connectivity index (χ4n) is 5.52. The van der Waals surface area contributed by atoms with Crippen molar-refractivity contribution in [3.05, 3.63) is 64.7 Å². The van der Waals surface area contributed by atoms with E-state index >= 15 is 0 Å². The second-order valence-corrected chi connectivity index (χ2v) is 11.8. The summed E-state index contributed by atoms with van der Waals surface area (Å²) in [5.74, 6) is -5.26. The molecule has 11 heteroatoms. The highest BCUT2D eigenvalue weighted by molar-refractivity contribution is 6.02. The second-order valence-electron chi connectivity index (χ2n) is 11.8. The van der Waals surface area contributed by atoms with E-state index in [2.05, 4.69) is 10.6 Å². The fourth-order valence-corrected chi connectivity index (χ4v) is 5.52. The number of amides is 3. The Kier molecular flexibility index (Phi) is 9.37. The number of nitrogens with zero attached hydrogens (tertiary/aromatic N) is 1. The smallest absolute Gasteiger partial charge is 0.410 e. The topological polar surface area (TPSA) is 97.0 Å². The molecule has 42 heavy (non-hydrogen) atoms. The van der Waals surface area contributed by atoms with Gasteiger partial charge in [0.1, 0.15) is 24.1 Å². The van der Waals surface area contributed by atoms with Crippen LogP contribution in [0.15, 0.2) is 42.5 Å². The van der Waals surface area contributed by atoms with E-state index in [0.717, 1.165) is 10.5 Å². The van der Waals surface area contributed by atoms with Crippen molar-refractivity contribution in [2.45, 2.75) is 63.6 Å². The van der Waals surface area contributed by atoms with Crippen LogP contribution in [-0.4, -0.2) is 73.8 Å². The minimum Gasteiger partial charge on any atom is -0.486 e. The molecule has 3 atom stereocenters. The van der Waals surface area contributed by atoms with Crippen molar-refractivity contribution in [3.63, 3.8) is 0 Å². The van der Waals surface area contributed by atoms with Gasteiger partial charge >= 0.3 is 6.09 Å². The highest BCUT2D eigenvalue weighted by Crippen LogP contribution is 2.45. The number of ether oxygens (including phenoxy) is 2. The van der Waals surface area contributed by atoms with Gasteiger partial charge in [-0.25, -0.2) is 18.0 Å². The number of fused-ring (bicyclic) bond motifs is 1. The Morgan fingerprint density at radius 1 is 1.12 bits per heavy atom. The summed E-state index contributed by atoms with van der Waals surface area (Å²) in [5, 5.41) is 5.29. The molecule has 2 heterocycles. The van der Waals surface area contributed by atoms with Crippen molar-refractivity contribution >= 4 is 17.9 Å². The first-order chi connectivity index (χ1) is 19.8. The van der Waals surface area contributed by atoms with Crippen LogP contribution in [0, 0.1) is 5.92 Å². The Bertz CT molecular complexity index is 1300. The number of carbonyl (C=O) groups excluding carboxylic acids is 3. The largest absolute Gasteiger partial charge is 0.486 e. The molecule has 2 aromatic carbocycles. The number of rotatable bonds is 8. The number of carbonyl (C=O) groups is 3. The van der Waals surface area contributed by atoms with Gasteiger partial charge in [0.15, 0.2) is 0 Å². The molecule has 2 aromatic rings. The lowest BCUT2D eigenvalue weighted by atomic mass is 9.86. The number of piperidine rings is 1. The first kappa shape index (κ1) is 31.2. The van der Waals surface area contributed by atoms with Crippen LogP contribution in [0.25, 0.3) is 0 Å². The Morgan fingerprint density at radius 3 is 2.45 bits per heavy atom. The van der Waals surface area contributed by atoms with Crippen molar-refractivity contribution in [2.24, 2.45) is 5.92 Å². The minimum atomic E-state index is -3.08. The van der Waals surface area contributed by atoms with Gasteiger partial charge in [-0.05, 0) is 57.7 Å². The highest BCUT2D eigenvalue weighted by Gasteiger charge is 2.46. The predicted molar refractivity (Wildman–Crippen MR) is 151 cm³/mol. The molecule has 228 valence electrons. The third-order valence-electron chi connectivity index (χ3n) is 7.55. The maximum Gasteiger partial charge on any atom is 0.410 e. The van der Waals surface area contributed by atoms with E-state index in [1.807, 2.05) is 30.3 Å². The molecule has 2 N–H and O–H groups in total. The van der Waals surface area contributed by atoms with Crippen molar-refractivity contribution in [2.75, 3.05) is 33.4 Å². The SMILES string of the molecule is CNC(=O)c1cc(C(=O)NCCCC2CCN(C(=O)OC(C)(C)C)CC2(F)F)cc2c1OC(CF)C2c1ccccc1. The summed E-state index contributed by atoms with van der Waals surface area (Å²) in [4.78, 5) is 39.1. The maximum absolute atomic E-state index is 14.9. The summed E-state index contributed by atoms with van der Waals surface area (Å²) in [5.41, 5.74) is 0.858. The number of halogens is 3. The molecule has 0 aromatic heterocycles. The van der Waals surface area contributed by atoms with E-state index in [9.17, 15) is 27.6 Å². The number of hydrogen-bond donors (Lipinski definition) is 2. The molecule has 3 amide bonds. The van der Waals surface area contributed by atoms with Gasteiger partial charge in [0.05, 0.1) is 18.0 Å². The summed E-state index contributed by atoms with van der Waals surface area (Å²) < 4.78 is 54.9. The molecule has 0 radical (unpaired) electrons. The Morgan fingerprint density at radius 2 is 1.83 bits per heavy atom. The molecular weight excluding hydrogens is 551 g/mol. The van der Waals surface area contributed by atoms with Gasteiger partial charge in [-0.15, -0.1) is 0 Å². The Hall–Kier alpha value is -3.76. The molecule has 1 fully saturated rings. The zero-order valence-electron chi connectivity index (χ0n) is 24.3. The average Bonchev–Trinajstić information content (AvgIpc) is 3.32. The van der Waals surface area contributed by atoms with E-state index in [1.165, 1.54) is 13.1 Å². The number of nitrogens with one attached hydrogen (secondary N) is 2. The monoisotopic (exact) mass is 589 g/mol. The summed E-state index contributed by atoms with van der Waals surface area (Å²) in [7, 11) is 1.45. The maximum atomic E-state index is 14.9. The zero-order chi connectivity index (χ0) is 30.7. The van der Waals surface area contributed by atoms with Gasteiger partial charge in [-0.2, -0.15) is 0 Å². The lowest BCUT2D eigenvalue weighted by Gasteiger charge is -2.38. The van der Waals surface area contributed by atoms with Crippen LogP contribution in [0.1, 0.15) is 77.8 Å².